The van der Waals surface area contributed by atoms with E-state index in [0.29, 0.717) is 12.1 Å². The van der Waals surface area contributed by atoms with Gasteiger partial charge in [-0.05, 0) is 33.0 Å². The third kappa shape index (κ3) is 3.91. The smallest absolute Gasteiger partial charge is 0.319 e. The maximum atomic E-state index is 12.5. The number of benzene rings is 1. The molecule has 2 N–H and O–H groups in total. The zero-order valence-corrected chi connectivity index (χ0v) is 11.5. The highest BCUT2D eigenvalue weighted by Gasteiger charge is 2.34. The van der Waals surface area contributed by atoms with E-state index in [0.717, 1.165) is 6.07 Å². The Morgan fingerprint density at radius 3 is 2.29 bits per heavy atom. The highest BCUT2D eigenvalue weighted by Crippen LogP contribution is 2.35. The van der Waals surface area contributed by atoms with Crippen LogP contribution >= 0.6 is 0 Å². The second-order valence-electron chi connectivity index (χ2n) is 4.82. The largest absolute Gasteiger partial charge is 0.416 e. The van der Waals surface area contributed by atoms with Crippen LogP contribution < -0.4 is 10.6 Å². The summed E-state index contributed by atoms with van der Waals surface area (Å²) in [6.07, 6.45) is -4.70. The van der Waals surface area contributed by atoms with E-state index in [2.05, 4.69) is 10.6 Å². The first-order valence-electron chi connectivity index (χ1n) is 5.85. The fourth-order valence-corrected chi connectivity index (χ4v) is 1.36. The lowest BCUT2D eigenvalue weighted by Crippen LogP contribution is -2.47. The van der Waals surface area contributed by atoms with Gasteiger partial charge in [0.05, 0.1) is 16.0 Å². The van der Waals surface area contributed by atoms with E-state index in [1.54, 1.807) is 0 Å². The fraction of sp³-hybridized carbons (Fsp3) is 0.417. The Balaban J connectivity index is 3.20. The number of nitro benzene ring substituents is 1. The molecule has 0 fully saturated rings. The summed E-state index contributed by atoms with van der Waals surface area (Å²) >= 11 is 0. The zero-order valence-electron chi connectivity index (χ0n) is 11.5. The molecule has 0 spiro atoms. The van der Waals surface area contributed by atoms with Crippen LogP contribution in [0.4, 0.5) is 24.5 Å². The quantitative estimate of drug-likeness (QED) is 0.661. The molecule has 1 amide bonds. The molecule has 21 heavy (non-hydrogen) atoms. The molecule has 6 nitrogen and oxygen atoms in total. The van der Waals surface area contributed by atoms with Crippen LogP contribution in [-0.4, -0.2) is 23.4 Å². The first-order valence-corrected chi connectivity index (χ1v) is 5.85. The molecule has 0 aliphatic carbocycles. The predicted octanol–water partition coefficient (Wildman–Crippen LogP) is 2.55. The Labute approximate surface area is 118 Å². The minimum Gasteiger partial charge on any atom is -0.319 e. The van der Waals surface area contributed by atoms with Gasteiger partial charge in [0, 0.05) is 6.07 Å². The third-order valence-corrected chi connectivity index (χ3v) is 2.96. The highest BCUT2D eigenvalue weighted by atomic mass is 19.4. The molecular weight excluding hydrogens is 291 g/mol. The Morgan fingerprint density at radius 2 is 1.86 bits per heavy atom. The standard InChI is InChI=1S/C12H14F3N3O3/c1-11(2,16-3)10(19)17-8-5-4-7(12(13,14)15)6-9(8)18(20)21/h4-6,16H,1-3H3,(H,17,19). The summed E-state index contributed by atoms with van der Waals surface area (Å²) in [6.45, 7) is 3.05. The van der Waals surface area contributed by atoms with Crippen LogP contribution in [0.1, 0.15) is 19.4 Å². The lowest BCUT2D eigenvalue weighted by Gasteiger charge is -2.22. The van der Waals surface area contributed by atoms with E-state index in [1.165, 1.54) is 20.9 Å². The Bertz CT molecular complexity index is 571. The number of halogens is 3. The molecule has 0 saturated carbocycles. The lowest BCUT2D eigenvalue weighted by atomic mass is 10.0. The molecule has 0 saturated heterocycles. The molecule has 0 aliphatic heterocycles. The van der Waals surface area contributed by atoms with Crippen LogP contribution in [0.3, 0.4) is 0 Å². The molecule has 0 unspecified atom stereocenters. The van der Waals surface area contributed by atoms with Gasteiger partial charge in [0.2, 0.25) is 5.91 Å². The van der Waals surface area contributed by atoms with Crippen molar-refractivity contribution in [3.63, 3.8) is 0 Å². The molecule has 116 valence electrons. The Kier molecular flexibility index (Phi) is 4.57. The number of rotatable bonds is 4. The van der Waals surface area contributed by atoms with Gasteiger partial charge in [-0.15, -0.1) is 0 Å². The van der Waals surface area contributed by atoms with Gasteiger partial charge in [-0.25, -0.2) is 0 Å². The van der Waals surface area contributed by atoms with Crippen molar-refractivity contribution in [2.75, 3.05) is 12.4 Å². The number of nitrogens with one attached hydrogen (secondary N) is 2. The van der Waals surface area contributed by atoms with Gasteiger partial charge in [-0.3, -0.25) is 14.9 Å². The third-order valence-electron chi connectivity index (χ3n) is 2.96. The van der Waals surface area contributed by atoms with E-state index < -0.39 is 33.8 Å². The summed E-state index contributed by atoms with van der Waals surface area (Å²) < 4.78 is 37.6. The van der Waals surface area contributed by atoms with Crippen molar-refractivity contribution < 1.29 is 22.9 Å². The molecule has 1 rings (SSSR count). The van der Waals surface area contributed by atoms with Crippen molar-refractivity contribution in [3.05, 3.63) is 33.9 Å². The summed E-state index contributed by atoms with van der Waals surface area (Å²) in [5.74, 6) is -0.604. The molecule has 1 aromatic carbocycles. The number of alkyl halides is 3. The molecule has 0 heterocycles. The van der Waals surface area contributed by atoms with E-state index in [1.807, 2.05) is 0 Å². The molecule has 1 aromatic rings. The van der Waals surface area contributed by atoms with Crippen LogP contribution in [0, 0.1) is 10.1 Å². The Morgan fingerprint density at radius 1 is 1.29 bits per heavy atom. The number of hydrogen-bond acceptors (Lipinski definition) is 4. The number of nitrogens with zero attached hydrogens (tertiary/aromatic N) is 1. The topological polar surface area (TPSA) is 84.3 Å². The van der Waals surface area contributed by atoms with E-state index in [4.69, 9.17) is 0 Å². The number of carbonyl (C=O) groups excluding carboxylic acids is 1. The van der Waals surface area contributed by atoms with Crippen LogP contribution in [0.25, 0.3) is 0 Å². The molecule has 0 bridgehead atoms. The van der Waals surface area contributed by atoms with Gasteiger partial charge in [0.15, 0.2) is 0 Å². The summed E-state index contributed by atoms with van der Waals surface area (Å²) in [5, 5.41) is 15.8. The molecule has 0 aromatic heterocycles. The fourth-order valence-electron chi connectivity index (χ4n) is 1.36. The average molecular weight is 305 g/mol. The predicted molar refractivity (Wildman–Crippen MR) is 69.9 cm³/mol. The van der Waals surface area contributed by atoms with E-state index >= 15 is 0 Å². The zero-order chi connectivity index (χ0) is 16.4. The number of amides is 1. The van der Waals surface area contributed by atoms with Crippen molar-refractivity contribution in [2.45, 2.75) is 25.6 Å². The van der Waals surface area contributed by atoms with Gasteiger partial charge in [0.1, 0.15) is 5.69 Å². The average Bonchev–Trinajstić information content (AvgIpc) is 2.37. The molecular formula is C12H14F3N3O3. The minimum absolute atomic E-state index is 0.290. The monoisotopic (exact) mass is 305 g/mol. The van der Waals surface area contributed by atoms with Gasteiger partial charge in [0.25, 0.3) is 5.69 Å². The molecule has 0 radical (unpaired) electrons. The van der Waals surface area contributed by atoms with Crippen LogP contribution in [0.5, 0.6) is 0 Å². The SMILES string of the molecule is CNC(C)(C)C(=O)Nc1ccc(C(F)(F)F)cc1[N+](=O)[O-]. The van der Waals surface area contributed by atoms with Gasteiger partial charge in [-0.1, -0.05) is 0 Å². The molecule has 0 aliphatic rings. The van der Waals surface area contributed by atoms with Crippen molar-refractivity contribution in [2.24, 2.45) is 0 Å². The van der Waals surface area contributed by atoms with Gasteiger partial charge < -0.3 is 10.6 Å². The van der Waals surface area contributed by atoms with E-state index in [-0.39, 0.29) is 5.69 Å². The summed E-state index contributed by atoms with van der Waals surface area (Å²) in [7, 11) is 1.51. The van der Waals surface area contributed by atoms with Gasteiger partial charge >= 0.3 is 6.18 Å². The lowest BCUT2D eigenvalue weighted by molar-refractivity contribution is -0.384. The minimum atomic E-state index is -4.70. The summed E-state index contributed by atoms with van der Waals surface area (Å²) in [6, 6.07) is 1.93. The maximum Gasteiger partial charge on any atom is 0.416 e. The van der Waals surface area contributed by atoms with Crippen molar-refractivity contribution >= 4 is 17.3 Å². The summed E-state index contributed by atoms with van der Waals surface area (Å²) in [5.41, 5.74) is -3.29. The molecule has 0 atom stereocenters. The van der Waals surface area contributed by atoms with Gasteiger partial charge in [-0.2, -0.15) is 13.2 Å². The number of hydrogen-bond donors (Lipinski definition) is 2. The first kappa shape index (κ1) is 16.9. The van der Waals surface area contributed by atoms with Crippen molar-refractivity contribution in [3.8, 4) is 0 Å². The number of anilines is 1. The normalized spacial score (nSPS) is 12.1. The van der Waals surface area contributed by atoms with Crippen molar-refractivity contribution in [1.29, 1.82) is 0 Å². The van der Waals surface area contributed by atoms with Crippen LogP contribution in [-0.2, 0) is 11.0 Å². The Hall–Kier alpha value is -2.16. The first-order chi connectivity index (χ1) is 9.49. The second-order valence-corrected chi connectivity index (χ2v) is 4.82. The summed E-state index contributed by atoms with van der Waals surface area (Å²) in [4.78, 5) is 21.8. The number of likely N-dealkylation sites (N-methyl/N-ethyl adjacent to an activating group) is 1. The number of nitro groups is 1. The van der Waals surface area contributed by atoms with Crippen molar-refractivity contribution in [1.82, 2.24) is 5.32 Å². The van der Waals surface area contributed by atoms with Crippen LogP contribution in [0.15, 0.2) is 18.2 Å². The molecule has 9 heteroatoms. The maximum absolute atomic E-state index is 12.5. The second kappa shape index (κ2) is 5.68. The van der Waals surface area contributed by atoms with Crippen LogP contribution in [0.2, 0.25) is 0 Å². The van der Waals surface area contributed by atoms with E-state index in [9.17, 15) is 28.1 Å². The number of carbonyl (C=O) groups is 1. The highest BCUT2D eigenvalue weighted by molar-refractivity contribution is 5.99.